The molecule has 0 amide bonds. The van der Waals surface area contributed by atoms with Crippen molar-refractivity contribution < 1.29 is 14.4 Å². The summed E-state index contributed by atoms with van der Waals surface area (Å²) in [6.45, 7) is 3.11. The van der Waals surface area contributed by atoms with Gasteiger partial charge in [-0.05, 0) is 25.4 Å². The Hall–Kier alpha value is -0.390. The molecule has 0 spiro atoms. The molecule has 70 valence electrons. The first kappa shape index (κ1) is 9.70. The summed E-state index contributed by atoms with van der Waals surface area (Å²) in [7, 11) is 0. The summed E-state index contributed by atoms with van der Waals surface area (Å²) in [4.78, 5) is 8.19. The van der Waals surface area contributed by atoms with Crippen LogP contribution in [0, 0.1) is 10.1 Å². The van der Waals surface area contributed by atoms with Gasteiger partial charge in [-0.15, -0.1) is 0 Å². The molecule has 1 aliphatic heterocycles. The van der Waals surface area contributed by atoms with Crippen LogP contribution in [0.15, 0.2) is 0 Å². The molecule has 5 nitrogen and oxygen atoms in total. The van der Waals surface area contributed by atoms with Crippen LogP contribution in [0.2, 0.25) is 0 Å². The summed E-state index contributed by atoms with van der Waals surface area (Å²) in [6, 6.07) is 0. The molecule has 1 rings (SSSR count). The fourth-order valence-corrected chi connectivity index (χ4v) is 0.867. The van der Waals surface area contributed by atoms with Crippen molar-refractivity contribution in [1.82, 2.24) is 0 Å². The first-order valence-corrected chi connectivity index (χ1v) is 3.85. The van der Waals surface area contributed by atoms with Gasteiger partial charge in [0.1, 0.15) is 13.2 Å². The highest BCUT2D eigenvalue weighted by Crippen LogP contribution is 2.28. The lowest BCUT2D eigenvalue weighted by Gasteiger charge is -2.34. The Balaban J connectivity index is 2.62. The van der Waals surface area contributed by atoms with Gasteiger partial charge in [-0.2, -0.15) is 0 Å². The molecule has 0 unspecified atom stereocenters. The maximum absolute atomic E-state index is 10.4. The molecule has 0 saturated carbocycles. The minimum absolute atomic E-state index is 0.130. The summed E-state index contributed by atoms with van der Waals surface area (Å²) < 4.78 is 10.1. The lowest BCUT2D eigenvalue weighted by Crippen LogP contribution is -2.52. The molecule has 0 aromatic carbocycles. The molecule has 0 aliphatic carbocycles. The number of hydrogen-bond acceptors (Lipinski definition) is 4. The number of nitro groups is 1. The van der Waals surface area contributed by atoms with E-state index in [0.29, 0.717) is 0 Å². The molecule has 0 N–H and O–H groups in total. The van der Waals surface area contributed by atoms with E-state index in [1.807, 2.05) is 0 Å². The van der Waals surface area contributed by atoms with E-state index in [1.165, 1.54) is 0 Å². The van der Waals surface area contributed by atoms with Gasteiger partial charge in [0.15, 0.2) is 5.79 Å². The minimum Gasteiger partial charge on any atom is -0.341 e. The van der Waals surface area contributed by atoms with Gasteiger partial charge in [-0.1, -0.05) is 0 Å². The van der Waals surface area contributed by atoms with Gasteiger partial charge in [0.25, 0.3) is 0 Å². The molecule has 0 bridgehead atoms. The second-order valence-corrected chi connectivity index (χ2v) is 3.86. The van der Waals surface area contributed by atoms with Crippen LogP contribution in [0.1, 0.15) is 13.8 Å². The molecule has 1 aliphatic rings. The fourth-order valence-electron chi connectivity index (χ4n) is 0.758. The molecule has 0 atom stereocenters. The van der Waals surface area contributed by atoms with Crippen molar-refractivity contribution in [2.24, 2.45) is 0 Å². The largest absolute Gasteiger partial charge is 0.341 e. The molecule has 0 aromatic rings. The number of rotatable bonds is 1. The van der Waals surface area contributed by atoms with Gasteiger partial charge in [0, 0.05) is 4.92 Å². The fraction of sp³-hybridized carbons (Fsp3) is 1.00. The van der Waals surface area contributed by atoms with Crippen molar-refractivity contribution in [1.29, 1.82) is 0 Å². The van der Waals surface area contributed by atoms with E-state index in [-0.39, 0.29) is 13.2 Å². The predicted molar refractivity (Wildman–Crippen MR) is 41.6 cm³/mol. The Kier molecular flexibility index (Phi) is 2.29. The Labute approximate surface area is 74.7 Å². The molecule has 1 fully saturated rings. The zero-order valence-electron chi connectivity index (χ0n) is 6.87. The third-order valence-electron chi connectivity index (χ3n) is 1.61. The van der Waals surface area contributed by atoms with Gasteiger partial charge >= 0.3 is 5.00 Å². The standard InChI is InChI=1S/C6H10ClNO4/c1-5(2)11-3-6(7,4-12-5)8(9)10/h3-4H2,1-2H3. The predicted octanol–water partition coefficient (Wildman–Crippen LogP) is 0.981. The zero-order chi connectivity index (χ0) is 9.41. The normalized spacial score (nSPS) is 26.6. The van der Waals surface area contributed by atoms with Crippen LogP contribution >= 0.6 is 11.6 Å². The van der Waals surface area contributed by atoms with E-state index in [4.69, 9.17) is 21.1 Å². The molecule has 0 aromatic heterocycles. The Morgan fingerprint density at radius 1 is 1.42 bits per heavy atom. The average molecular weight is 196 g/mol. The lowest BCUT2D eigenvalue weighted by atomic mass is 10.2. The van der Waals surface area contributed by atoms with Crippen molar-refractivity contribution >= 4 is 11.6 Å². The zero-order valence-corrected chi connectivity index (χ0v) is 7.63. The van der Waals surface area contributed by atoms with E-state index in [1.54, 1.807) is 13.8 Å². The highest BCUT2D eigenvalue weighted by molar-refractivity contribution is 6.23. The van der Waals surface area contributed by atoms with E-state index >= 15 is 0 Å². The van der Waals surface area contributed by atoms with Crippen LogP contribution in [0.5, 0.6) is 0 Å². The quantitative estimate of drug-likeness (QED) is 0.271. The van der Waals surface area contributed by atoms with E-state index in [0.717, 1.165) is 0 Å². The Morgan fingerprint density at radius 2 is 1.83 bits per heavy atom. The van der Waals surface area contributed by atoms with E-state index < -0.39 is 15.7 Å². The smallest absolute Gasteiger partial charge is 0.340 e. The number of nitrogens with zero attached hydrogens (tertiary/aromatic N) is 1. The highest BCUT2D eigenvalue weighted by atomic mass is 35.5. The maximum Gasteiger partial charge on any atom is 0.340 e. The third-order valence-corrected chi connectivity index (χ3v) is 1.97. The Morgan fingerprint density at radius 3 is 2.17 bits per heavy atom. The highest BCUT2D eigenvalue weighted by Gasteiger charge is 2.48. The van der Waals surface area contributed by atoms with Crippen LogP contribution in [-0.2, 0) is 9.47 Å². The molecular weight excluding hydrogens is 186 g/mol. The van der Waals surface area contributed by atoms with Crippen molar-refractivity contribution in [3.63, 3.8) is 0 Å². The molecule has 1 heterocycles. The van der Waals surface area contributed by atoms with Gasteiger partial charge in [0.05, 0.1) is 0 Å². The third kappa shape index (κ3) is 1.85. The van der Waals surface area contributed by atoms with Crippen molar-refractivity contribution in [3.05, 3.63) is 10.1 Å². The van der Waals surface area contributed by atoms with Crippen LogP contribution in [-0.4, -0.2) is 28.9 Å². The van der Waals surface area contributed by atoms with Gasteiger partial charge < -0.3 is 9.47 Å². The number of alkyl halides is 1. The molecule has 12 heavy (non-hydrogen) atoms. The lowest BCUT2D eigenvalue weighted by molar-refractivity contribution is -0.567. The van der Waals surface area contributed by atoms with Crippen LogP contribution in [0.25, 0.3) is 0 Å². The van der Waals surface area contributed by atoms with Crippen molar-refractivity contribution in [2.45, 2.75) is 24.6 Å². The number of halogens is 1. The van der Waals surface area contributed by atoms with Crippen molar-refractivity contribution in [3.8, 4) is 0 Å². The summed E-state index contributed by atoms with van der Waals surface area (Å²) in [5.41, 5.74) is 0. The Bertz CT molecular complexity index is 196. The van der Waals surface area contributed by atoms with Crippen LogP contribution in [0.4, 0.5) is 0 Å². The average Bonchev–Trinajstić information content (AvgIpc) is 1.96. The second-order valence-electron chi connectivity index (χ2n) is 3.15. The summed E-state index contributed by atoms with van der Waals surface area (Å²) >= 11 is 5.59. The first-order valence-electron chi connectivity index (χ1n) is 3.47. The monoisotopic (exact) mass is 195 g/mol. The SMILES string of the molecule is CC1(C)OCC(Cl)([N+](=O)[O-])CO1. The molecular formula is C6H10ClNO4. The topological polar surface area (TPSA) is 61.6 Å². The van der Waals surface area contributed by atoms with Gasteiger partial charge in [-0.25, -0.2) is 0 Å². The molecule has 6 heteroatoms. The van der Waals surface area contributed by atoms with Gasteiger partial charge in [-0.3, -0.25) is 10.1 Å². The second kappa shape index (κ2) is 2.83. The summed E-state index contributed by atoms with van der Waals surface area (Å²) in [5, 5.41) is 10.4. The summed E-state index contributed by atoms with van der Waals surface area (Å²) in [6.07, 6.45) is 0. The minimum atomic E-state index is -1.62. The van der Waals surface area contributed by atoms with Gasteiger partial charge in [0.2, 0.25) is 0 Å². The van der Waals surface area contributed by atoms with Crippen LogP contribution < -0.4 is 0 Å². The number of hydrogen-bond donors (Lipinski definition) is 0. The maximum atomic E-state index is 10.4. The molecule has 1 saturated heterocycles. The summed E-state index contributed by atoms with van der Waals surface area (Å²) in [5.74, 6) is -0.769. The van der Waals surface area contributed by atoms with E-state index in [2.05, 4.69) is 0 Å². The van der Waals surface area contributed by atoms with Crippen molar-refractivity contribution in [2.75, 3.05) is 13.2 Å². The van der Waals surface area contributed by atoms with Crippen LogP contribution in [0.3, 0.4) is 0 Å². The van der Waals surface area contributed by atoms with E-state index in [9.17, 15) is 10.1 Å². The number of ether oxygens (including phenoxy) is 2. The molecule has 0 radical (unpaired) electrons. The first-order chi connectivity index (χ1) is 5.36.